The van der Waals surface area contributed by atoms with Gasteiger partial charge < -0.3 is 15.4 Å². The summed E-state index contributed by atoms with van der Waals surface area (Å²) >= 11 is 0. The van der Waals surface area contributed by atoms with Gasteiger partial charge in [-0.05, 0) is 67.9 Å². The normalized spacial score (nSPS) is 35.6. The number of carbonyl (C=O) groups is 1. The van der Waals surface area contributed by atoms with Gasteiger partial charge >= 0.3 is 6.03 Å². The number of urea groups is 1. The number of halogens is 2. The van der Waals surface area contributed by atoms with Crippen LogP contribution in [-0.2, 0) is 4.74 Å². The number of benzene rings is 1. The molecule has 4 fully saturated rings. The molecule has 4 aliphatic rings. The molecule has 0 aromatic heterocycles. The van der Waals surface area contributed by atoms with Gasteiger partial charge in [0.15, 0.2) is 0 Å². The molecule has 0 atom stereocenters. The maximum Gasteiger partial charge on any atom is 0.319 e. The van der Waals surface area contributed by atoms with Gasteiger partial charge in [-0.25, -0.2) is 13.6 Å². The quantitative estimate of drug-likeness (QED) is 0.864. The summed E-state index contributed by atoms with van der Waals surface area (Å²) in [4.78, 5) is 12.2. The number of amides is 2. The molecule has 0 radical (unpaired) electrons. The first-order chi connectivity index (χ1) is 12.0. The molecule has 4 bridgehead atoms. The number of nitrogens with one attached hydrogen (secondary N) is 2. The smallest absolute Gasteiger partial charge is 0.319 e. The van der Waals surface area contributed by atoms with Crippen molar-refractivity contribution in [1.82, 2.24) is 5.32 Å². The van der Waals surface area contributed by atoms with E-state index in [9.17, 15) is 13.6 Å². The van der Waals surface area contributed by atoms with E-state index in [1.807, 2.05) is 0 Å². The molecule has 0 saturated heterocycles. The molecule has 1 aromatic rings. The van der Waals surface area contributed by atoms with Crippen molar-refractivity contribution in [3.05, 3.63) is 29.8 Å². The maximum atomic E-state index is 13.7. The van der Waals surface area contributed by atoms with Crippen molar-refractivity contribution in [2.24, 2.45) is 23.7 Å². The fourth-order valence-corrected chi connectivity index (χ4v) is 5.67. The van der Waals surface area contributed by atoms with Crippen molar-refractivity contribution < 1.29 is 18.3 Å². The summed E-state index contributed by atoms with van der Waals surface area (Å²) in [6.07, 6.45) is 5.98. The zero-order valence-electron chi connectivity index (χ0n) is 14.4. The van der Waals surface area contributed by atoms with Crippen molar-refractivity contribution >= 4 is 11.7 Å². The van der Waals surface area contributed by atoms with E-state index in [-0.39, 0.29) is 5.60 Å². The molecule has 0 unspecified atom stereocenters. The Kier molecular flexibility index (Phi) is 4.18. The fraction of sp³-hybridized carbons (Fsp3) is 0.632. The second-order valence-electron chi connectivity index (χ2n) is 7.87. The summed E-state index contributed by atoms with van der Waals surface area (Å²) in [5.74, 6) is 0.940. The number of ether oxygens (including phenoxy) is 1. The summed E-state index contributed by atoms with van der Waals surface area (Å²) in [7, 11) is 1.72. The third-order valence-corrected chi connectivity index (χ3v) is 6.63. The molecule has 0 heterocycles. The van der Waals surface area contributed by atoms with Crippen LogP contribution in [-0.4, -0.2) is 25.3 Å². The second kappa shape index (κ2) is 6.24. The Labute approximate surface area is 146 Å². The monoisotopic (exact) mass is 350 g/mol. The maximum absolute atomic E-state index is 13.7. The number of anilines is 1. The number of methoxy groups -OCH3 is 1. The van der Waals surface area contributed by atoms with Gasteiger partial charge in [0, 0.05) is 13.7 Å². The van der Waals surface area contributed by atoms with E-state index in [1.165, 1.54) is 12.5 Å². The molecule has 25 heavy (non-hydrogen) atoms. The van der Waals surface area contributed by atoms with Gasteiger partial charge in [-0.3, -0.25) is 0 Å². The van der Waals surface area contributed by atoms with E-state index in [2.05, 4.69) is 10.6 Å². The highest BCUT2D eigenvalue weighted by Crippen LogP contribution is 2.59. The lowest BCUT2D eigenvalue weighted by Crippen LogP contribution is -2.63. The van der Waals surface area contributed by atoms with Crippen LogP contribution in [0.2, 0.25) is 0 Å². The van der Waals surface area contributed by atoms with Crippen LogP contribution >= 0.6 is 0 Å². The molecular weight excluding hydrogens is 326 g/mol. The van der Waals surface area contributed by atoms with E-state index in [0.29, 0.717) is 18.4 Å². The first-order valence-corrected chi connectivity index (χ1v) is 9.06. The zero-order valence-corrected chi connectivity index (χ0v) is 14.4. The molecular formula is C19H24F2N2O2. The minimum atomic E-state index is -0.786. The predicted octanol–water partition coefficient (Wildman–Crippen LogP) is 3.93. The molecule has 2 N–H and O–H groups in total. The van der Waals surface area contributed by atoms with Gasteiger partial charge in [-0.2, -0.15) is 0 Å². The molecule has 5 rings (SSSR count). The number of hydrogen-bond acceptors (Lipinski definition) is 2. The summed E-state index contributed by atoms with van der Waals surface area (Å²) in [5, 5.41) is 5.08. The van der Waals surface area contributed by atoms with Crippen LogP contribution in [0.15, 0.2) is 18.2 Å². The third kappa shape index (κ3) is 2.80. The minimum Gasteiger partial charge on any atom is -0.376 e. The highest BCUT2D eigenvalue weighted by Gasteiger charge is 2.57. The average molecular weight is 350 g/mol. The number of hydrogen-bond donors (Lipinski definition) is 2. The van der Waals surface area contributed by atoms with E-state index < -0.39 is 23.4 Å². The summed E-state index contributed by atoms with van der Waals surface area (Å²) in [5.41, 5.74) is -0.769. The van der Waals surface area contributed by atoms with Crippen LogP contribution in [0.1, 0.15) is 32.1 Å². The van der Waals surface area contributed by atoms with Gasteiger partial charge in [0.25, 0.3) is 0 Å². The van der Waals surface area contributed by atoms with Gasteiger partial charge in [0.05, 0.1) is 5.60 Å². The van der Waals surface area contributed by atoms with Crippen molar-refractivity contribution in [1.29, 1.82) is 0 Å². The topological polar surface area (TPSA) is 50.4 Å². The summed E-state index contributed by atoms with van der Waals surface area (Å²) in [6, 6.07) is 2.90. The Morgan fingerprint density at radius 3 is 2.20 bits per heavy atom. The first-order valence-electron chi connectivity index (χ1n) is 9.06. The summed E-state index contributed by atoms with van der Waals surface area (Å²) in [6.45, 7) is 0.375. The van der Waals surface area contributed by atoms with Gasteiger partial charge in [0.2, 0.25) is 0 Å². The van der Waals surface area contributed by atoms with Crippen LogP contribution in [0, 0.1) is 35.3 Å². The molecule has 6 heteroatoms. The summed E-state index contributed by atoms with van der Waals surface area (Å²) < 4.78 is 33.3. The van der Waals surface area contributed by atoms with E-state index in [1.54, 1.807) is 7.11 Å². The van der Waals surface area contributed by atoms with Gasteiger partial charge in [-0.15, -0.1) is 0 Å². The molecule has 136 valence electrons. The Morgan fingerprint density at radius 1 is 1.12 bits per heavy atom. The molecule has 4 saturated carbocycles. The number of para-hydroxylation sites is 1. The van der Waals surface area contributed by atoms with Crippen molar-refractivity contribution in [3.63, 3.8) is 0 Å². The first kappa shape index (κ1) is 16.8. The minimum absolute atomic E-state index is 0.349. The average Bonchev–Trinajstić information content (AvgIpc) is 2.58. The predicted molar refractivity (Wildman–Crippen MR) is 90.2 cm³/mol. The molecule has 2 amide bonds. The highest BCUT2D eigenvalue weighted by molar-refractivity contribution is 5.89. The molecule has 1 aromatic carbocycles. The van der Waals surface area contributed by atoms with Crippen LogP contribution < -0.4 is 10.6 Å². The van der Waals surface area contributed by atoms with Crippen LogP contribution in [0.25, 0.3) is 0 Å². The van der Waals surface area contributed by atoms with Crippen LogP contribution in [0.5, 0.6) is 0 Å². The van der Waals surface area contributed by atoms with Crippen molar-refractivity contribution in [2.75, 3.05) is 19.0 Å². The lowest BCUT2D eigenvalue weighted by molar-refractivity contribution is -0.186. The SMILES string of the molecule is COC1(CNC(=O)Nc2c(F)cccc2F)C2CC3CC(C2)CC1C3. The molecule has 4 nitrogen and oxygen atoms in total. The van der Waals surface area contributed by atoms with Crippen LogP contribution in [0.4, 0.5) is 19.3 Å². The number of rotatable bonds is 4. The highest BCUT2D eigenvalue weighted by atomic mass is 19.1. The largest absolute Gasteiger partial charge is 0.376 e. The molecule has 4 aliphatic carbocycles. The second-order valence-corrected chi connectivity index (χ2v) is 7.87. The third-order valence-electron chi connectivity index (χ3n) is 6.63. The number of carbonyl (C=O) groups excluding carboxylic acids is 1. The van der Waals surface area contributed by atoms with Crippen molar-refractivity contribution in [2.45, 2.75) is 37.7 Å². The Hall–Kier alpha value is -1.69. The zero-order chi connectivity index (χ0) is 17.6. The van der Waals surface area contributed by atoms with Gasteiger partial charge in [0.1, 0.15) is 17.3 Å². The van der Waals surface area contributed by atoms with E-state index in [0.717, 1.165) is 49.7 Å². The standard InChI is InChI=1S/C19H24F2N2O2/c1-25-19(13-6-11-5-12(8-13)9-14(19)7-11)10-22-18(24)23-17-15(20)3-2-4-16(17)21/h2-4,11-14H,5-10H2,1H3,(H2,22,23,24). The lowest BCUT2D eigenvalue weighted by atomic mass is 9.49. The lowest BCUT2D eigenvalue weighted by Gasteiger charge is -2.60. The fourth-order valence-electron chi connectivity index (χ4n) is 5.67. The van der Waals surface area contributed by atoms with Gasteiger partial charge in [-0.1, -0.05) is 6.07 Å². The van der Waals surface area contributed by atoms with Crippen molar-refractivity contribution in [3.8, 4) is 0 Å². The molecule has 0 aliphatic heterocycles. The Morgan fingerprint density at radius 2 is 1.68 bits per heavy atom. The molecule has 0 spiro atoms. The van der Waals surface area contributed by atoms with E-state index >= 15 is 0 Å². The Balaban J connectivity index is 1.44. The van der Waals surface area contributed by atoms with Crippen LogP contribution in [0.3, 0.4) is 0 Å². The van der Waals surface area contributed by atoms with E-state index in [4.69, 9.17) is 4.74 Å². The Bertz CT molecular complexity index is 631.